The van der Waals surface area contributed by atoms with Crippen LogP contribution in [0.4, 0.5) is 5.69 Å². The lowest BCUT2D eigenvalue weighted by Gasteiger charge is -2.10. The lowest BCUT2D eigenvalue weighted by Crippen LogP contribution is -2.30. The van der Waals surface area contributed by atoms with Crippen LogP contribution in [0.1, 0.15) is 12.0 Å². The van der Waals surface area contributed by atoms with Crippen molar-refractivity contribution in [3.63, 3.8) is 0 Å². The van der Waals surface area contributed by atoms with Gasteiger partial charge in [-0.2, -0.15) is 5.26 Å². The van der Waals surface area contributed by atoms with Gasteiger partial charge in [0, 0.05) is 0 Å². The number of benzene rings is 1. The van der Waals surface area contributed by atoms with E-state index in [1.807, 2.05) is 20.2 Å². The van der Waals surface area contributed by atoms with Crippen molar-refractivity contribution >= 4 is 11.6 Å². The number of carbonyl (C=O) groups excluding carboxylic acids is 1. The molecular formula is C14H20N4O. The third kappa shape index (κ3) is 6.00. The molecule has 0 heterocycles. The van der Waals surface area contributed by atoms with Gasteiger partial charge in [0.25, 0.3) is 0 Å². The molecule has 1 aromatic rings. The third-order valence-corrected chi connectivity index (χ3v) is 2.57. The Balaban J connectivity index is 2.30. The average molecular weight is 260 g/mol. The molecule has 0 fully saturated rings. The maximum atomic E-state index is 11.7. The normalized spacial score (nSPS) is 10.2. The van der Waals surface area contributed by atoms with Gasteiger partial charge >= 0.3 is 0 Å². The van der Waals surface area contributed by atoms with E-state index in [9.17, 15) is 4.79 Å². The van der Waals surface area contributed by atoms with E-state index in [0.29, 0.717) is 11.3 Å². The van der Waals surface area contributed by atoms with Gasteiger partial charge in [-0.25, -0.2) is 0 Å². The Morgan fingerprint density at radius 2 is 2.11 bits per heavy atom. The molecule has 5 heteroatoms. The fourth-order valence-electron chi connectivity index (χ4n) is 1.61. The zero-order valence-electron chi connectivity index (χ0n) is 11.4. The predicted octanol–water partition coefficient (Wildman–Crippen LogP) is 1.04. The van der Waals surface area contributed by atoms with Gasteiger partial charge in [0.2, 0.25) is 5.91 Å². The highest BCUT2D eigenvalue weighted by atomic mass is 16.1. The summed E-state index contributed by atoms with van der Waals surface area (Å²) in [6.45, 7) is 2.05. The maximum Gasteiger partial charge on any atom is 0.238 e. The number of hydrogen-bond donors (Lipinski definition) is 2. The first-order chi connectivity index (χ1) is 9.13. The Labute approximate surface area is 114 Å². The molecule has 0 saturated carbocycles. The lowest BCUT2D eigenvalue weighted by atomic mass is 10.2. The summed E-state index contributed by atoms with van der Waals surface area (Å²) in [5.41, 5.74) is 1.04. The van der Waals surface area contributed by atoms with Crippen LogP contribution in [0.3, 0.4) is 0 Å². The summed E-state index contributed by atoms with van der Waals surface area (Å²) in [5.74, 6) is -0.132. The van der Waals surface area contributed by atoms with E-state index in [1.54, 1.807) is 24.3 Å². The van der Waals surface area contributed by atoms with Crippen LogP contribution in [-0.2, 0) is 4.79 Å². The molecule has 0 aliphatic heterocycles. The highest BCUT2D eigenvalue weighted by Crippen LogP contribution is 2.12. The largest absolute Gasteiger partial charge is 0.324 e. The second kappa shape index (κ2) is 8.25. The quantitative estimate of drug-likeness (QED) is 0.719. The van der Waals surface area contributed by atoms with E-state index < -0.39 is 0 Å². The topological polar surface area (TPSA) is 68.2 Å². The number of rotatable bonds is 7. The van der Waals surface area contributed by atoms with Crippen molar-refractivity contribution in [3.8, 4) is 6.07 Å². The third-order valence-electron chi connectivity index (χ3n) is 2.57. The monoisotopic (exact) mass is 260 g/mol. The molecule has 0 bridgehead atoms. The van der Waals surface area contributed by atoms with Crippen LogP contribution in [0.15, 0.2) is 24.3 Å². The van der Waals surface area contributed by atoms with E-state index in [0.717, 1.165) is 19.5 Å². The van der Waals surface area contributed by atoms with Crippen LogP contribution >= 0.6 is 0 Å². The van der Waals surface area contributed by atoms with Crippen molar-refractivity contribution in [3.05, 3.63) is 29.8 Å². The van der Waals surface area contributed by atoms with Crippen LogP contribution in [0.25, 0.3) is 0 Å². The number of carbonyl (C=O) groups is 1. The van der Waals surface area contributed by atoms with E-state index >= 15 is 0 Å². The lowest BCUT2D eigenvalue weighted by molar-refractivity contribution is -0.115. The number of amides is 1. The molecule has 0 atom stereocenters. The molecule has 0 aliphatic rings. The Morgan fingerprint density at radius 3 is 2.79 bits per heavy atom. The minimum Gasteiger partial charge on any atom is -0.324 e. The molecule has 1 aromatic carbocycles. The Bertz CT molecular complexity index is 451. The van der Waals surface area contributed by atoms with Gasteiger partial charge in [-0.3, -0.25) is 4.79 Å². The van der Waals surface area contributed by atoms with Crippen molar-refractivity contribution in [2.75, 3.05) is 39.0 Å². The minimum atomic E-state index is -0.132. The van der Waals surface area contributed by atoms with Gasteiger partial charge in [-0.15, -0.1) is 0 Å². The highest BCUT2D eigenvalue weighted by Gasteiger charge is 2.05. The first-order valence-corrected chi connectivity index (χ1v) is 6.28. The molecule has 102 valence electrons. The summed E-state index contributed by atoms with van der Waals surface area (Å²) in [7, 11) is 4.04. The molecular weight excluding hydrogens is 240 g/mol. The van der Waals surface area contributed by atoms with E-state index in [1.165, 1.54) is 0 Å². The molecule has 1 rings (SSSR count). The first kappa shape index (κ1) is 15.2. The van der Waals surface area contributed by atoms with Gasteiger partial charge in [0.1, 0.15) is 6.07 Å². The standard InChI is InChI=1S/C14H20N4O/c1-18(2)9-5-8-16-11-14(19)17-13-7-4-3-6-12(13)10-15/h3-4,6-7,16H,5,8-9,11H2,1-2H3,(H,17,19). The number of nitriles is 1. The van der Waals surface area contributed by atoms with E-state index in [2.05, 4.69) is 15.5 Å². The number of nitrogens with zero attached hydrogens (tertiary/aromatic N) is 2. The summed E-state index contributed by atoms with van der Waals surface area (Å²) in [4.78, 5) is 13.8. The first-order valence-electron chi connectivity index (χ1n) is 6.28. The zero-order chi connectivity index (χ0) is 14.1. The van der Waals surface area contributed by atoms with Crippen LogP contribution in [-0.4, -0.2) is 44.5 Å². The maximum absolute atomic E-state index is 11.7. The Morgan fingerprint density at radius 1 is 1.37 bits per heavy atom. The van der Waals surface area contributed by atoms with Gasteiger partial charge < -0.3 is 15.5 Å². The van der Waals surface area contributed by atoms with Crippen molar-refractivity contribution in [1.82, 2.24) is 10.2 Å². The van der Waals surface area contributed by atoms with Crippen molar-refractivity contribution in [2.24, 2.45) is 0 Å². The van der Waals surface area contributed by atoms with Gasteiger partial charge in [-0.1, -0.05) is 12.1 Å². The van der Waals surface area contributed by atoms with Crippen molar-refractivity contribution < 1.29 is 4.79 Å². The average Bonchev–Trinajstić information content (AvgIpc) is 2.38. The molecule has 0 aromatic heterocycles. The molecule has 1 amide bonds. The second-order valence-corrected chi connectivity index (χ2v) is 4.54. The molecule has 5 nitrogen and oxygen atoms in total. The zero-order valence-corrected chi connectivity index (χ0v) is 11.4. The van der Waals surface area contributed by atoms with Gasteiger partial charge in [-0.05, 0) is 45.7 Å². The Hall–Kier alpha value is -1.90. The molecule has 19 heavy (non-hydrogen) atoms. The molecule has 2 N–H and O–H groups in total. The fraction of sp³-hybridized carbons (Fsp3) is 0.429. The summed E-state index contributed by atoms with van der Waals surface area (Å²) < 4.78 is 0. The number of nitrogens with one attached hydrogen (secondary N) is 2. The molecule has 0 radical (unpaired) electrons. The molecule has 0 saturated heterocycles. The SMILES string of the molecule is CN(C)CCCNCC(=O)Nc1ccccc1C#N. The van der Waals surface area contributed by atoms with Crippen molar-refractivity contribution in [1.29, 1.82) is 5.26 Å². The number of para-hydroxylation sites is 1. The molecule has 0 aliphatic carbocycles. The fourth-order valence-corrected chi connectivity index (χ4v) is 1.61. The minimum absolute atomic E-state index is 0.132. The van der Waals surface area contributed by atoms with E-state index in [4.69, 9.17) is 5.26 Å². The highest BCUT2D eigenvalue weighted by molar-refractivity contribution is 5.93. The van der Waals surface area contributed by atoms with Crippen LogP contribution in [0, 0.1) is 11.3 Å². The number of hydrogen-bond acceptors (Lipinski definition) is 4. The molecule has 0 unspecified atom stereocenters. The van der Waals surface area contributed by atoms with Crippen molar-refractivity contribution in [2.45, 2.75) is 6.42 Å². The van der Waals surface area contributed by atoms with E-state index in [-0.39, 0.29) is 12.5 Å². The summed E-state index contributed by atoms with van der Waals surface area (Å²) in [6, 6.07) is 9.02. The smallest absolute Gasteiger partial charge is 0.238 e. The summed E-state index contributed by atoms with van der Waals surface area (Å²) in [5, 5.41) is 14.7. The number of anilines is 1. The summed E-state index contributed by atoms with van der Waals surface area (Å²) >= 11 is 0. The van der Waals surface area contributed by atoms with Crippen LogP contribution < -0.4 is 10.6 Å². The summed E-state index contributed by atoms with van der Waals surface area (Å²) in [6.07, 6.45) is 0.995. The van der Waals surface area contributed by atoms with Gasteiger partial charge in [0.15, 0.2) is 0 Å². The Kier molecular flexibility index (Phi) is 6.58. The molecule has 0 spiro atoms. The van der Waals surface area contributed by atoms with Crippen LogP contribution in [0.5, 0.6) is 0 Å². The van der Waals surface area contributed by atoms with Gasteiger partial charge in [0.05, 0.1) is 17.8 Å². The predicted molar refractivity (Wildman–Crippen MR) is 75.8 cm³/mol. The van der Waals surface area contributed by atoms with Crippen LogP contribution in [0.2, 0.25) is 0 Å². The second-order valence-electron chi connectivity index (χ2n) is 4.54.